The van der Waals surface area contributed by atoms with Crippen molar-refractivity contribution in [1.29, 1.82) is 0 Å². The molecule has 24 heavy (non-hydrogen) atoms. The van der Waals surface area contributed by atoms with Crippen LogP contribution in [0.25, 0.3) is 0 Å². The van der Waals surface area contributed by atoms with Gasteiger partial charge in [0.05, 0.1) is 6.54 Å². The van der Waals surface area contributed by atoms with Gasteiger partial charge in [-0.15, -0.1) is 10.2 Å². The van der Waals surface area contributed by atoms with Crippen LogP contribution in [-0.4, -0.2) is 51.2 Å². The predicted molar refractivity (Wildman–Crippen MR) is 89.7 cm³/mol. The molecule has 0 amide bonds. The lowest BCUT2D eigenvalue weighted by Crippen LogP contribution is -2.46. The standard InChI is InChI=1S/C17H24N6O/c1-12-8-18-17(19-9-12)22(2)14-4-3-7-23(10-14)11-15-20-21-16(24-15)13-5-6-13/h8-9,13-14H,3-7,10-11H2,1-2H3. The normalized spacial score (nSPS) is 21.8. The second-order valence-electron chi connectivity index (χ2n) is 7.01. The highest BCUT2D eigenvalue weighted by Crippen LogP contribution is 2.39. The van der Waals surface area contributed by atoms with Gasteiger partial charge >= 0.3 is 0 Å². The summed E-state index contributed by atoms with van der Waals surface area (Å²) in [6.45, 7) is 4.78. The van der Waals surface area contributed by atoms with Crippen LogP contribution in [0.4, 0.5) is 5.95 Å². The smallest absolute Gasteiger partial charge is 0.230 e. The summed E-state index contributed by atoms with van der Waals surface area (Å²) in [5.74, 6) is 2.88. The van der Waals surface area contributed by atoms with Gasteiger partial charge in [-0.2, -0.15) is 0 Å². The Morgan fingerprint density at radius 2 is 2.00 bits per heavy atom. The fourth-order valence-corrected chi connectivity index (χ4v) is 3.24. The SMILES string of the molecule is Cc1cnc(N(C)C2CCCN(Cc3nnc(C4CC4)o3)C2)nc1. The van der Waals surface area contributed by atoms with Crippen LogP contribution in [0, 0.1) is 6.92 Å². The van der Waals surface area contributed by atoms with Crippen molar-refractivity contribution in [3.05, 3.63) is 29.7 Å². The summed E-state index contributed by atoms with van der Waals surface area (Å²) in [6, 6.07) is 0.410. The van der Waals surface area contributed by atoms with Crippen molar-refractivity contribution >= 4 is 5.95 Å². The Labute approximate surface area is 142 Å². The topological polar surface area (TPSA) is 71.2 Å². The summed E-state index contributed by atoms with van der Waals surface area (Å²) in [5.41, 5.74) is 1.08. The molecule has 1 aliphatic carbocycles. The van der Waals surface area contributed by atoms with Gasteiger partial charge in [-0.1, -0.05) is 0 Å². The summed E-state index contributed by atoms with van der Waals surface area (Å²) in [6.07, 6.45) is 8.43. The first-order valence-electron chi connectivity index (χ1n) is 8.75. The van der Waals surface area contributed by atoms with E-state index < -0.39 is 0 Å². The highest BCUT2D eigenvalue weighted by Gasteiger charge is 2.30. The Kier molecular flexibility index (Phi) is 4.18. The van der Waals surface area contributed by atoms with Gasteiger partial charge in [0.2, 0.25) is 17.7 Å². The summed E-state index contributed by atoms with van der Waals surface area (Å²) >= 11 is 0. The molecule has 1 unspecified atom stereocenters. The molecule has 0 aromatic carbocycles. The van der Waals surface area contributed by atoms with Gasteiger partial charge in [-0.05, 0) is 44.7 Å². The minimum atomic E-state index is 0.410. The van der Waals surface area contributed by atoms with Crippen molar-refractivity contribution in [2.45, 2.75) is 51.1 Å². The van der Waals surface area contributed by atoms with Crippen LogP contribution in [0.15, 0.2) is 16.8 Å². The van der Waals surface area contributed by atoms with Gasteiger partial charge in [-0.3, -0.25) is 4.90 Å². The molecule has 0 N–H and O–H groups in total. The number of hydrogen-bond acceptors (Lipinski definition) is 7. The molecule has 7 heteroatoms. The maximum absolute atomic E-state index is 5.80. The molecule has 2 aromatic heterocycles. The molecule has 2 fully saturated rings. The van der Waals surface area contributed by atoms with Crippen LogP contribution < -0.4 is 4.90 Å². The van der Waals surface area contributed by atoms with Crippen molar-refractivity contribution in [3.8, 4) is 0 Å². The van der Waals surface area contributed by atoms with Gasteiger partial charge in [0, 0.05) is 37.9 Å². The van der Waals surface area contributed by atoms with Gasteiger partial charge in [0.1, 0.15) is 0 Å². The average molecular weight is 328 g/mol. The lowest BCUT2D eigenvalue weighted by Gasteiger charge is -2.37. The zero-order valence-electron chi connectivity index (χ0n) is 14.4. The maximum Gasteiger partial charge on any atom is 0.230 e. The molecule has 1 saturated carbocycles. The fourth-order valence-electron chi connectivity index (χ4n) is 3.24. The Balaban J connectivity index is 1.38. The minimum absolute atomic E-state index is 0.410. The molecule has 0 bridgehead atoms. The van der Waals surface area contributed by atoms with Crippen LogP contribution in [0.1, 0.15) is 48.9 Å². The van der Waals surface area contributed by atoms with Crippen LogP contribution in [0.5, 0.6) is 0 Å². The molecular formula is C17H24N6O. The van der Waals surface area contributed by atoms with E-state index in [1.54, 1.807) is 0 Å². The Hall–Kier alpha value is -2.02. The summed E-state index contributed by atoms with van der Waals surface area (Å²) in [7, 11) is 2.08. The van der Waals surface area contributed by atoms with Gasteiger partial charge in [0.25, 0.3) is 0 Å². The van der Waals surface area contributed by atoms with E-state index in [9.17, 15) is 0 Å². The van der Waals surface area contributed by atoms with E-state index in [-0.39, 0.29) is 0 Å². The lowest BCUT2D eigenvalue weighted by molar-refractivity contribution is 0.181. The molecule has 0 spiro atoms. The molecule has 4 rings (SSSR count). The van der Waals surface area contributed by atoms with Crippen LogP contribution in [-0.2, 0) is 6.54 Å². The van der Waals surface area contributed by atoms with Gasteiger partial charge < -0.3 is 9.32 Å². The number of piperidine rings is 1. The Bertz CT molecular complexity index is 681. The van der Waals surface area contributed by atoms with E-state index in [1.165, 1.54) is 12.8 Å². The highest BCUT2D eigenvalue weighted by molar-refractivity contribution is 5.30. The minimum Gasteiger partial charge on any atom is -0.424 e. The molecule has 128 valence electrons. The zero-order valence-corrected chi connectivity index (χ0v) is 14.4. The largest absolute Gasteiger partial charge is 0.424 e. The van der Waals surface area contributed by atoms with Crippen LogP contribution >= 0.6 is 0 Å². The van der Waals surface area contributed by atoms with Gasteiger partial charge in [-0.25, -0.2) is 9.97 Å². The molecule has 1 aliphatic heterocycles. The van der Waals surface area contributed by atoms with Crippen molar-refractivity contribution < 1.29 is 4.42 Å². The van der Waals surface area contributed by atoms with Crippen molar-refractivity contribution in [2.24, 2.45) is 0 Å². The Morgan fingerprint density at radius 3 is 2.75 bits per heavy atom. The number of likely N-dealkylation sites (tertiary alicyclic amines) is 1. The highest BCUT2D eigenvalue weighted by atomic mass is 16.4. The second-order valence-corrected chi connectivity index (χ2v) is 7.01. The third-order valence-corrected chi connectivity index (χ3v) is 4.88. The number of rotatable bonds is 5. The first-order chi connectivity index (χ1) is 11.7. The molecule has 7 nitrogen and oxygen atoms in total. The molecule has 1 saturated heterocycles. The quantitative estimate of drug-likeness (QED) is 0.832. The molecule has 2 aliphatic rings. The maximum atomic E-state index is 5.80. The number of likely N-dealkylation sites (N-methyl/N-ethyl adjacent to an activating group) is 1. The number of nitrogens with zero attached hydrogens (tertiary/aromatic N) is 6. The first kappa shape index (κ1) is 15.5. The van der Waals surface area contributed by atoms with E-state index in [0.717, 1.165) is 55.8 Å². The third-order valence-electron chi connectivity index (χ3n) is 4.88. The molecule has 3 heterocycles. The summed E-state index contributed by atoms with van der Waals surface area (Å²) < 4.78 is 5.80. The van der Waals surface area contributed by atoms with E-state index in [1.807, 2.05) is 19.3 Å². The third kappa shape index (κ3) is 3.40. The zero-order chi connectivity index (χ0) is 16.5. The number of anilines is 1. The average Bonchev–Trinajstić information content (AvgIpc) is 3.35. The van der Waals surface area contributed by atoms with E-state index in [0.29, 0.717) is 12.0 Å². The number of aryl methyl sites for hydroxylation is 1. The predicted octanol–water partition coefficient (Wildman–Crippen LogP) is 2.15. The van der Waals surface area contributed by atoms with E-state index in [4.69, 9.17) is 4.42 Å². The number of aromatic nitrogens is 4. The molecule has 2 aromatic rings. The number of hydrogen-bond donors (Lipinski definition) is 0. The van der Waals surface area contributed by atoms with E-state index >= 15 is 0 Å². The van der Waals surface area contributed by atoms with E-state index in [2.05, 4.69) is 37.0 Å². The van der Waals surface area contributed by atoms with Crippen molar-refractivity contribution in [1.82, 2.24) is 25.1 Å². The van der Waals surface area contributed by atoms with Crippen LogP contribution in [0.2, 0.25) is 0 Å². The fraction of sp³-hybridized carbons (Fsp3) is 0.647. The Morgan fingerprint density at radius 1 is 1.21 bits per heavy atom. The van der Waals surface area contributed by atoms with Crippen molar-refractivity contribution in [3.63, 3.8) is 0 Å². The summed E-state index contributed by atoms with van der Waals surface area (Å²) in [4.78, 5) is 13.5. The molecular weight excluding hydrogens is 304 g/mol. The second kappa shape index (κ2) is 6.47. The van der Waals surface area contributed by atoms with Gasteiger partial charge in [0.15, 0.2) is 0 Å². The van der Waals surface area contributed by atoms with Crippen LogP contribution in [0.3, 0.4) is 0 Å². The van der Waals surface area contributed by atoms with Crippen molar-refractivity contribution in [2.75, 3.05) is 25.0 Å². The molecule has 1 atom stereocenters. The summed E-state index contributed by atoms with van der Waals surface area (Å²) in [5, 5.41) is 8.39. The lowest BCUT2D eigenvalue weighted by atomic mass is 10.0. The molecule has 0 radical (unpaired) electrons. The first-order valence-corrected chi connectivity index (χ1v) is 8.75. The monoisotopic (exact) mass is 328 g/mol.